The number of aryl methyl sites for hydroxylation is 1. The van der Waals surface area contributed by atoms with Crippen LogP contribution in [0.3, 0.4) is 0 Å². The second-order valence-electron chi connectivity index (χ2n) is 6.10. The molecule has 2 unspecified atom stereocenters. The lowest BCUT2D eigenvalue weighted by Gasteiger charge is -2.29. The highest BCUT2D eigenvalue weighted by atomic mass is 16.2. The minimum absolute atomic E-state index is 0.0734. The Kier molecular flexibility index (Phi) is 6.21. The number of carbonyl (C=O) groups is 1. The van der Waals surface area contributed by atoms with Crippen molar-refractivity contribution in [2.75, 3.05) is 13.6 Å². The van der Waals surface area contributed by atoms with Crippen LogP contribution in [0, 0.1) is 18.8 Å². The van der Waals surface area contributed by atoms with Crippen LogP contribution in [0.5, 0.6) is 0 Å². The molecule has 0 aliphatic carbocycles. The first kappa shape index (κ1) is 16.7. The van der Waals surface area contributed by atoms with Gasteiger partial charge in [-0.05, 0) is 31.7 Å². The summed E-state index contributed by atoms with van der Waals surface area (Å²) in [5, 5.41) is 0. The molecule has 0 saturated heterocycles. The van der Waals surface area contributed by atoms with Crippen LogP contribution in [-0.2, 0) is 4.79 Å². The van der Waals surface area contributed by atoms with Crippen molar-refractivity contribution in [2.45, 2.75) is 40.2 Å². The SMILES string of the molecule is Cc1ccc(C(C)N(C)C(=O)C(CN)CC(C)C)cc1. The van der Waals surface area contributed by atoms with Crippen molar-refractivity contribution in [1.29, 1.82) is 0 Å². The first-order valence-corrected chi connectivity index (χ1v) is 7.40. The van der Waals surface area contributed by atoms with Crippen molar-refractivity contribution in [3.63, 3.8) is 0 Å². The number of nitrogens with zero attached hydrogens (tertiary/aromatic N) is 1. The number of rotatable bonds is 6. The Morgan fingerprint density at radius 2 is 1.75 bits per heavy atom. The molecule has 1 rings (SSSR count). The van der Waals surface area contributed by atoms with E-state index in [9.17, 15) is 4.79 Å². The predicted molar refractivity (Wildman–Crippen MR) is 84.4 cm³/mol. The Hall–Kier alpha value is -1.35. The van der Waals surface area contributed by atoms with E-state index in [4.69, 9.17) is 5.73 Å². The van der Waals surface area contributed by atoms with E-state index in [1.165, 1.54) is 5.56 Å². The first-order chi connectivity index (χ1) is 9.36. The van der Waals surface area contributed by atoms with Gasteiger partial charge >= 0.3 is 0 Å². The number of nitrogens with two attached hydrogens (primary N) is 1. The number of hydrogen-bond donors (Lipinski definition) is 1. The van der Waals surface area contributed by atoms with Crippen molar-refractivity contribution in [1.82, 2.24) is 4.90 Å². The van der Waals surface area contributed by atoms with Gasteiger partial charge < -0.3 is 10.6 Å². The van der Waals surface area contributed by atoms with Crippen molar-refractivity contribution in [3.8, 4) is 0 Å². The van der Waals surface area contributed by atoms with E-state index < -0.39 is 0 Å². The van der Waals surface area contributed by atoms with Crippen molar-refractivity contribution in [3.05, 3.63) is 35.4 Å². The van der Waals surface area contributed by atoms with E-state index in [2.05, 4.69) is 52.0 Å². The van der Waals surface area contributed by atoms with Crippen molar-refractivity contribution >= 4 is 5.91 Å². The van der Waals surface area contributed by atoms with Gasteiger partial charge in [-0.3, -0.25) is 4.79 Å². The van der Waals surface area contributed by atoms with Crippen molar-refractivity contribution in [2.24, 2.45) is 17.6 Å². The topological polar surface area (TPSA) is 46.3 Å². The average Bonchev–Trinajstić information content (AvgIpc) is 2.43. The van der Waals surface area contributed by atoms with Crippen LogP contribution < -0.4 is 5.73 Å². The normalized spacial score (nSPS) is 14.2. The number of carbonyl (C=O) groups excluding carboxylic acids is 1. The molecule has 1 amide bonds. The van der Waals surface area contributed by atoms with Gasteiger partial charge in [0, 0.05) is 13.6 Å². The number of hydrogen-bond acceptors (Lipinski definition) is 2. The van der Waals surface area contributed by atoms with Gasteiger partial charge in [0.15, 0.2) is 0 Å². The van der Waals surface area contributed by atoms with Crippen LogP contribution in [0.15, 0.2) is 24.3 Å². The maximum atomic E-state index is 12.5. The van der Waals surface area contributed by atoms with Crippen LogP contribution in [0.25, 0.3) is 0 Å². The highest BCUT2D eigenvalue weighted by Crippen LogP contribution is 2.22. The lowest BCUT2D eigenvalue weighted by atomic mass is 9.95. The highest BCUT2D eigenvalue weighted by Gasteiger charge is 2.25. The second kappa shape index (κ2) is 7.44. The minimum atomic E-state index is -0.0760. The molecular weight excluding hydrogens is 248 g/mol. The Morgan fingerprint density at radius 1 is 1.20 bits per heavy atom. The van der Waals surface area contributed by atoms with Gasteiger partial charge in [-0.25, -0.2) is 0 Å². The zero-order valence-electron chi connectivity index (χ0n) is 13.4. The van der Waals surface area contributed by atoms with Gasteiger partial charge in [-0.15, -0.1) is 0 Å². The summed E-state index contributed by atoms with van der Waals surface area (Å²) in [4.78, 5) is 14.4. The van der Waals surface area contributed by atoms with Gasteiger partial charge in [-0.2, -0.15) is 0 Å². The third kappa shape index (κ3) is 4.34. The fourth-order valence-corrected chi connectivity index (χ4v) is 2.41. The fourth-order valence-electron chi connectivity index (χ4n) is 2.41. The molecule has 3 heteroatoms. The lowest BCUT2D eigenvalue weighted by Crippen LogP contribution is -2.38. The van der Waals surface area contributed by atoms with E-state index in [0.29, 0.717) is 12.5 Å². The van der Waals surface area contributed by atoms with E-state index >= 15 is 0 Å². The summed E-state index contributed by atoms with van der Waals surface area (Å²) in [6.07, 6.45) is 0.848. The van der Waals surface area contributed by atoms with E-state index in [1.54, 1.807) is 0 Å². The molecule has 0 bridgehead atoms. The van der Waals surface area contributed by atoms with E-state index in [1.807, 2.05) is 11.9 Å². The predicted octanol–water partition coefficient (Wildman–Crippen LogP) is 3.14. The maximum absolute atomic E-state index is 12.5. The summed E-state index contributed by atoms with van der Waals surface area (Å²) in [6, 6.07) is 8.41. The highest BCUT2D eigenvalue weighted by molar-refractivity contribution is 5.79. The smallest absolute Gasteiger partial charge is 0.227 e. The fraction of sp³-hybridized carbons (Fsp3) is 0.588. The lowest BCUT2D eigenvalue weighted by molar-refractivity contribution is -0.136. The van der Waals surface area contributed by atoms with Crippen LogP contribution in [0.1, 0.15) is 44.4 Å². The molecule has 3 nitrogen and oxygen atoms in total. The van der Waals surface area contributed by atoms with Crippen LogP contribution >= 0.6 is 0 Å². The molecule has 0 aliphatic heterocycles. The Balaban J connectivity index is 2.79. The zero-order chi connectivity index (χ0) is 15.3. The third-order valence-corrected chi connectivity index (χ3v) is 3.88. The van der Waals surface area contributed by atoms with Gasteiger partial charge in [0.2, 0.25) is 5.91 Å². The molecule has 0 saturated carbocycles. The third-order valence-electron chi connectivity index (χ3n) is 3.88. The van der Waals surface area contributed by atoms with Crippen LogP contribution in [0.4, 0.5) is 0 Å². The monoisotopic (exact) mass is 276 g/mol. The van der Waals surface area contributed by atoms with Gasteiger partial charge in [0.05, 0.1) is 12.0 Å². The molecule has 2 N–H and O–H groups in total. The zero-order valence-corrected chi connectivity index (χ0v) is 13.4. The minimum Gasteiger partial charge on any atom is -0.339 e. The van der Waals surface area contributed by atoms with Crippen LogP contribution in [-0.4, -0.2) is 24.4 Å². The molecule has 2 atom stereocenters. The summed E-state index contributed by atoms with van der Waals surface area (Å²) >= 11 is 0. The molecule has 0 aromatic heterocycles. The molecule has 0 fully saturated rings. The average molecular weight is 276 g/mol. The standard InChI is InChI=1S/C17H28N2O/c1-12(2)10-16(11-18)17(20)19(5)14(4)15-8-6-13(3)7-9-15/h6-9,12,14,16H,10-11,18H2,1-5H3. The molecule has 1 aromatic rings. The molecule has 0 spiro atoms. The molecule has 20 heavy (non-hydrogen) atoms. The summed E-state index contributed by atoms with van der Waals surface area (Å²) < 4.78 is 0. The molecule has 112 valence electrons. The summed E-state index contributed by atoms with van der Waals surface area (Å²) in [5.41, 5.74) is 8.16. The summed E-state index contributed by atoms with van der Waals surface area (Å²) in [5.74, 6) is 0.553. The Morgan fingerprint density at radius 3 is 2.20 bits per heavy atom. The molecule has 0 aliphatic rings. The van der Waals surface area contributed by atoms with E-state index in [-0.39, 0.29) is 17.9 Å². The summed E-state index contributed by atoms with van der Waals surface area (Å²) in [6.45, 7) is 8.79. The second-order valence-corrected chi connectivity index (χ2v) is 6.10. The van der Waals surface area contributed by atoms with E-state index in [0.717, 1.165) is 12.0 Å². The largest absolute Gasteiger partial charge is 0.339 e. The molecule has 0 radical (unpaired) electrons. The first-order valence-electron chi connectivity index (χ1n) is 7.40. The van der Waals surface area contributed by atoms with Crippen LogP contribution in [0.2, 0.25) is 0 Å². The quantitative estimate of drug-likeness (QED) is 0.867. The van der Waals surface area contributed by atoms with Gasteiger partial charge in [0.25, 0.3) is 0 Å². The Labute approximate surface area is 123 Å². The number of amides is 1. The molecule has 1 aromatic carbocycles. The molecule has 0 heterocycles. The number of benzene rings is 1. The van der Waals surface area contributed by atoms with Gasteiger partial charge in [0.1, 0.15) is 0 Å². The van der Waals surface area contributed by atoms with Crippen molar-refractivity contribution < 1.29 is 4.79 Å². The van der Waals surface area contributed by atoms with Gasteiger partial charge in [-0.1, -0.05) is 43.7 Å². The molecular formula is C17H28N2O. The summed E-state index contributed by atoms with van der Waals surface area (Å²) in [7, 11) is 1.87. The maximum Gasteiger partial charge on any atom is 0.227 e. The Bertz CT molecular complexity index is 425.